The van der Waals surface area contributed by atoms with Gasteiger partial charge >= 0.3 is 0 Å². The third-order valence-electron chi connectivity index (χ3n) is 7.77. The number of thioether (sulfide) groups is 1. The lowest BCUT2D eigenvalue weighted by molar-refractivity contribution is -0.114. The van der Waals surface area contributed by atoms with Crippen LogP contribution in [0.3, 0.4) is 0 Å². The summed E-state index contributed by atoms with van der Waals surface area (Å²) in [5.74, 6) is 1.44. The maximum absolute atomic E-state index is 13.6. The zero-order valence-electron chi connectivity index (χ0n) is 23.7. The van der Waals surface area contributed by atoms with Gasteiger partial charge in [0.05, 0.1) is 17.1 Å². The maximum Gasteiger partial charge on any atom is 0.265 e. The van der Waals surface area contributed by atoms with E-state index in [-0.39, 0.29) is 11.8 Å². The van der Waals surface area contributed by atoms with Crippen LogP contribution in [-0.2, 0) is 11.3 Å². The van der Waals surface area contributed by atoms with Crippen LogP contribution in [0.15, 0.2) is 82.6 Å². The molecular weight excluding hydrogens is 514 g/mol. The summed E-state index contributed by atoms with van der Waals surface area (Å²) in [7, 11) is 0. The van der Waals surface area contributed by atoms with Crippen molar-refractivity contribution in [1.82, 2.24) is 10.2 Å². The van der Waals surface area contributed by atoms with Gasteiger partial charge in [0.25, 0.3) is 11.8 Å². The van der Waals surface area contributed by atoms with Crippen molar-refractivity contribution in [1.29, 1.82) is 0 Å². The number of nitrogens with one attached hydrogen (secondary N) is 1. The number of likely N-dealkylation sites (tertiary alicyclic amines) is 1. The molecule has 6 heteroatoms. The minimum absolute atomic E-state index is 0.00809. The normalized spacial score (nSPS) is 20.4. The van der Waals surface area contributed by atoms with Crippen LogP contribution < -0.4 is 10.2 Å². The fourth-order valence-corrected chi connectivity index (χ4v) is 6.90. The van der Waals surface area contributed by atoms with Crippen molar-refractivity contribution in [2.45, 2.75) is 45.1 Å². The number of amides is 2. The smallest absolute Gasteiger partial charge is 0.265 e. The summed E-state index contributed by atoms with van der Waals surface area (Å²) in [6.07, 6.45) is 4.19. The molecular formula is C34H39N3O2S. The summed E-state index contributed by atoms with van der Waals surface area (Å²) in [4.78, 5) is 32.5. The minimum atomic E-state index is -0.0546. The SMILES string of the molecule is Cc1ccccc1CN1C(=O)/C(=C\c2ccc(C(=O)NCCCN3C[C@@H](C)C[C@H](C)C3)cc2)Sc2ccccc21. The molecule has 0 bridgehead atoms. The Kier molecular flexibility index (Phi) is 9.08. The van der Waals surface area contributed by atoms with E-state index in [1.54, 1.807) is 0 Å². The van der Waals surface area contributed by atoms with Crippen molar-refractivity contribution in [2.24, 2.45) is 11.8 Å². The molecule has 2 amide bonds. The van der Waals surface area contributed by atoms with Crippen molar-refractivity contribution in [3.8, 4) is 0 Å². The molecule has 0 spiro atoms. The van der Waals surface area contributed by atoms with E-state index in [1.165, 1.54) is 23.7 Å². The standard InChI is InChI=1S/C34H39N3O2S/c1-24-19-25(2)22-36(21-24)18-8-17-35-33(38)28-15-13-27(14-16-28)20-32-34(39)37(23-29-10-5-4-9-26(29)3)30-11-6-7-12-31(30)40-32/h4-7,9-16,20,24-25H,8,17-19,21-23H2,1-3H3,(H,35,38)/b32-20+/t24-,25-/m0/s1. The van der Waals surface area contributed by atoms with Crippen molar-refractivity contribution in [3.63, 3.8) is 0 Å². The molecule has 0 radical (unpaired) electrons. The third-order valence-corrected chi connectivity index (χ3v) is 8.85. The predicted octanol–water partition coefficient (Wildman–Crippen LogP) is 6.77. The Morgan fingerprint density at radius 2 is 1.68 bits per heavy atom. The Balaban J connectivity index is 1.22. The Morgan fingerprint density at radius 3 is 2.42 bits per heavy atom. The molecule has 2 atom stereocenters. The highest BCUT2D eigenvalue weighted by atomic mass is 32.2. The summed E-state index contributed by atoms with van der Waals surface area (Å²) in [5.41, 5.74) is 4.77. The molecule has 1 saturated heterocycles. The van der Waals surface area contributed by atoms with Crippen LogP contribution in [0.25, 0.3) is 6.08 Å². The number of piperidine rings is 1. The highest BCUT2D eigenvalue weighted by Crippen LogP contribution is 2.42. The zero-order chi connectivity index (χ0) is 28.1. The van der Waals surface area contributed by atoms with Gasteiger partial charge in [0.2, 0.25) is 0 Å². The van der Waals surface area contributed by atoms with Gasteiger partial charge in [-0.2, -0.15) is 0 Å². The number of nitrogens with zero attached hydrogens (tertiary/aromatic N) is 2. The molecule has 1 N–H and O–H groups in total. The van der Waals surface area contributed by atoms with E-state index >= 15 is 0 Å². The maximum atomic E-state index is 13.6. The van der Waals surface area contributed by atoms with E-state index in [1.807, 2.05) is 65.6 Å². The molecule has 3 aromatic carbocycles. The second-order valence-corrected chi connectivity index (χ2v) is 12.4. The minimum Gasteiger partial charge on any atom is -0.352 e. The molecule has 5 rings (SSSR count). The van der Waals surface area contributed by atoms with Gasteiger partial charge in [0.1, 0.15) is 0 Å². The summed E-state index contributed by atoms with van der Waals surface area (Å²) in [5, 5.41) is 3.07. The second kappa shape index (κ2) is 12.9. The van der Waals surface area contributed by atoms with Crippen molar-refractivity contribution in [2.75, 3.05) is 31.1 Å². The van der Waals surface area contributed by atoms with E-state index in [0.29, 0.717) is 23.6 Å². The van der Waals surface area contributed by atoms with Crippen LogP contribution in [-0.4, -0.2) is 42.9 Å². The van der Waals surface area contributed by atoms with Gasteiger partial charge in [0.15, 0.2) is 0 Å². The topological polar surface area (TPSA) is 52.7 Å². The Bertz CT molecular complexity index is 1370. The number of para-hydroxylation sites is 1. The molecule has 0 saturated carbocycles. The first-order valence-electron chi connectivity index (χ1n) is 14.3. The van der Waals surface area contributed by atoms with Gasteiger partial charge in [-0.15, -0.1) is 0 Å². The average Bonchev–Trinajstić information content (AvgIpc) is 2.94. The number of benzene rings is 3. The fraction of sp³-hybridized carbons (Fsp3) is 0.353. The summed E-state index contributed by atoms with van der Waals surface area (Å²) >= 11 is 1.50. The van der Waals surface area contributed by atoms with Crippen molar-refractivity contribution in [3.05, 3.63) is 100.0 Å². The lowest BCUT2D eigenvalue weighted by Crippen LogP contribution is -2.40. The first-order chi connectivity index (χ1) is 19.4. The Hall–Kier alpha value is -3.35. The highest BCUT2D eigenvalue weighted by molar-refractivity contribution is 8.04. The number of anilines is 1. The van der Waals surface area contributed by atoms with E-state index < -0.39 is 0 Å². The van der Waals surface area contributed by atoms with Gasteiger partial charge < -0.3 is 15.1 Å². The van der Waals surface area contributed by atoms with E-state index in [9.17, 15) is 9.59 Å². The molecule has 208 valence electrons. The number of fused-ring (bicyclic) bond motifs is 1. The molecule has 0 aliphatic carbocycles. The molecule has 40 heavy (non-hydrogen) atoms. The van der Waals surface area contributed by atoms with E-state index in [0.717, 1.165) is 59.6 Å². The van der Waals surface area contributed by atoms with Gasteiger partial charge in [0, 0.05) is 30.1 Å². The van der Waals surface area contributed by atoms with Gasteiger partial charge in [-0.05, 0) is 85.2 Å². The first kappa shape index (κ1) is 28.2. The molecule has 0 unspecified atom stereocenters. The second-order valence-electron chi connectivity index (χ2n) is 11.3. The predicted molar refractivity (Wildman–Crippen MR) is 165 cm³/mol. The highest BCUT2D eigenvalue weighted by Gasteiger charge is 2.29. The summed E-state index contributed by atoms with van der Waals surface area (Å²) in [6.45, 7) is 11.3. The van der Waals surface area contributed by atoms with Gasteiger partial charge in [-0.3, -0.25) is 9.59 Å². The number of carbonyl (C=O) groups is 2. The average molecular weight is 554 g/mol. The van der Waals surface area contributed by atoms with Crippen LogP contribution in [0, 0.1) is 18.8 Å². The van der Waals surface area contributed by atoms with Crippen molar-refractivity contribution >= 4 is 35.3 Å². The molecule has 3 aromatic rings. The lowest BCUT2D eigenvalue weighted by atomic mass is 9.92. The molecule has 2 aliphatic heterocycles. The molecule has 0 aromatic heterocycles. The van der Waals surface area contributed by atoms with Crippen LogP contribution in [0.4, 0.5) is 5.69 Å². The number of aryl methyl sites for hydroxylation is 1. The molecule has 2 heterocycles. The van der Waals surface area contributed by atoms with E-state index in [2.05, 4.69) is 49.2 Å². The van der Waals surface area contributed by atoms with Gasteiger partial charge in [-0.1, -0.05) is 74.1 Å². The number of carbonyl (C=O) groups excluding carboxylic acids is 2. The third kappa shape index (κ3) is 6.86. The number of hydrogen-bond donors (Lipinski definition) is 1. The Labute approximate surface area is 242 Å². The fourth-order valence-electron chi connectivity index (χ4n) is 5.84. The quantitative estimate of drug-likeness (QED) is 0.247. The molecule has 5 nitrogen and oxygen atoms in total. The largest absolute Gasteiger partial charge is 0.352 e. The van der Waals surface area contributed by atoms with Crippen LogP contribution in [0.2, 0.25) is 0 Å². The first-order valence-corrected chi connectivity index (χ1v) is 15.1. The number of rotatable bonds is 8. The van der Waals surface area contributed by atoms with Crippen LogP contribution in [0.5, 0.6) is 0 Å². The van der Waals surface area contributed by atoms with Crippen LogP contribution in [0.1, 0.15) is 53.7 Å². The van der Waals surface area contributed by atoms with Crippen molar-refractivity contribution < 1.29 is 9.59 Å². The Morgan fingerprint density at radius 1 is 0.975 bits per heavy atom. The van der Waals surface area contributed by atoms with E-state index in [4.69, 9.17) is 0 Å². The summed E-state index contributed by atoms with van der Waals surface area (Å²) in [6, 6.07) is 23.8. The molecule has 1 fully saturated rings. The number of hydrogen-bond acceptors (Lipinski definition) is 4. The van der Waals surface area contributed by atoms with Gasteiger partial charge in [-0.25, -0.2) is 0 Å². The molecule has 2 aliphatic rings. The monoisotopic (exact) mass is 553 g/mol. The summed E-state index contributed by atoms with van der Waals surface area (Å²) < 4.78 is 0. The van der Waals surface area contributed by atoms with Crippen LogP contribution >= 0.6 is 11.8 Å². The zero-order valence-corrected chi connectivity index (χ0v) is 24.5. The lowest BCUT2D eigenvalue weighted by Gasteiger charge is -2.34.